The van der Waals surface area contributed by atoms with Gasteiger partial charge in [-0.25, -0.2) is 0 Å². The monoisotopic (exact) mass is 208 g/mol. The van der Waals surface area contributed by atoms with E-state index in [1.165, 1.54) is 21.1 Å². The second-order valence-corrected chi connectivity index (χ2v) is 4.68. The van der Waals surface area contributed by atoms with E-state index in [1.807, 2.05) is 0 Å². The Bertz CT molecular complexity index is 442. The van der Waals surface area contributed by atoms with Gasteiger partial charge in [-0.3, -0.25) is 0 Å². The number of nitrogens with one attached hydrogen (secondary N) is 1. The molecule has 1 aromatic heterocycles. The summed E-state index contributed by atoms with van der Waals surface area (Å²) in [5.74, 6) is 0.518. The lowest BCUT2D eigenvalue weighted by Gasteiger charge is -2.11. The second kappa shape index (κ2) is 3.73. The van der Waals surface area contributed by atoms with E-state index < -0.39 is 0 Å². The van der Waals surface area contributed by atoms with Crippen molar-refractivity contribution in [3.63, 3.8) is 0 Å². The first-order valence-corrected chi connectivity index (χ1v) is 5.94. The molecule has 0 amide bonds. The van der Waals surface area contributed by atoms with E-state index in [1.54, 1.807) is 11.5 Å². The standard InChI is InChI=1S/C11H16N2S/c1-4-8-10-9(5-6-12-8)14-13-11(10)7(2)3/h5,7,12H,4,6H2,1-3H3. The molecule has 1 N–H and O–H groups in total. The van der Waals surface area contributed by atoms with Crippen molar-refractivity contribution in [2.24, 2.45) is 0 Å². The third-order valence-electron chi connectivity index (χ3n) is 2.55. The van der Waals surface area contributed by atoms with Crippen LogP contribution in [0.25, 0.3) is 11.8 Å². The van der Waals surface area contributed by atoms with Crippen LogP contribution in [0.4, 0.5) is 0 Å². The van der Waals surface area contributed by atoms with Crippen LogP contribution in [0.3, 0.4) is 0 Å². The van der Waals surface area contributed by atoms with Crippen molar-refractivity contribution in [3.05, 3.63) is 15.4 Å². The van der Waals surface area contributed by atoms with Gasteiger partial charge in [0.15, 0.2) is 0 Å². The van der Waals surface area contributed by atoms with Gasteiger partial charge in [0.1, 0.15) is 0 Å². The molecule has 0 aromatic carbocycles. The molecule has 14 heavy (non-hydrogen) atoms. The molecule has 2 nitrogen and oxygen atoms in total. The predicted octanol–water partition coefficient (Wildman–Crippen LogP) is 1.17. The Hall–Kier alpha value is -0.830. The smallest absolute Gasteiger partial charge is 0.0663 e. The maximum absolute atomic E-state index is 4.55. The van der Waals surface area contributed by atoms with Crippen LogP contribution in [0.2, 0.25) is 0 Å². The predicted molar refractivity (Wildman–Crippen MR) is 61.6 cm³/mol. The van der Waals surface area contributed by atoms with Gasteiger partial charge in [0.05, 0.1) is 10.2 Å². The minimum absolute atomic E-state index is 0.518. The number of nitrogens with zero attached hydrogens (tertiary/aromatic N) is 1. The van der Waals surface area contributed by atoms with E-state index >= 15 is 0 Å². The molecule has 3 heteroatoms. The van der Waals surface area contributed by atoms with Gasteiger partial charge in [-0.15, -0.1) is 0 Å². The number of rotatable bonds is 2. The fourth-order valence-electron chi connectivity index (χ4n) is 1.81. The number of fused-ring (bicyclic) bond motifs is 1. The number of aromatic nitrogens is 1. The van der Waals surface area contributed by atoms with Crippen LogP contribution in [-0.2, 0) is 0 Å². The summed E-state index contributed by atoms with van der Waals surface area (Å²) in [5.41, 5.74) is 2.62. The van der Waals surface area contributed by atoms with Crippen molar-refractivity contribution in [2.45, 2.75) is 33.1 Å². The fraction of sp³-hybridized carbons (Fsp3) is 0.545. The van der Waals surface area contributed by atoms with Crippen LogP contribution in [0.1, 0.15) is 38.8 Å². The van der Waals surface area contributed by atoms with E-state index in [4.69, 9.17) is 0 Å². The van der Waals surface area contributed by atoms with Gasteiger partial charge >= 0.3 is 0 Å². The Labute approximate surface area is 88.5 Å². The van der Waals surface area contributed by atoms with Gasteiger partial charge in [-0.05, 0) is 29.9 Å². The molecule has 0 bridgehead atoms. The molecule has 0 spiro atoms. The van der Waals surface area contributed by atoms with Crippen molar-refractivity contribution in [3.8, 4) is 0 Å². The Morgan fingerprint density at radius 1 is 1.57 bits per heavy atom. The topological polar surface area (TPSA) is 24.9 Å². The fourth-order valence-corrected chi connectivity index (χ4v) is 2.79. The van der Waals surface area contributed by atoms with Crippen molar-refractivity contribution in [2.75, 3.05) is 6.54 Å². The summed E-state index contributed by atoms with van der Waals surface area (Å²) in [6.07, 6.45) is 3.30. The van der Waals surface area contributed by atoms with Gasteiger partial charge < -0.3 is 5.32 Å². The number of hydrogen-bond donors (Lipinski definition) is 1. The molecule has 1 aromatic rings. The second-order valence-electron chi connectivity index (χ2n) is 3.88. The molecule has 1 aliphatic rings. The molecule has 0 fully saturated rings. The van der Waals surface area contributed by atoms with Crippen molar-refractivity contribution in [1.82, 2.24) is 9.69 Å². The van der Waals surface area contributed by atoms with Crippen molar-refractivity contribution >= 4 is 23.3 Å². The van der Waals surface area contributed by atoms with E-state index in [0.717, 1.165) is 13.0 Å². The molecule has 2 rings (SSSR count). The average molecular weight is 208 g/mol. The Morgan fingerprint density at radius 3 is 3.00 bits per heavy atom. The summed E-state index contributed by atoms with van der Waals surface area (Å²) in [5, 5.41) is 4.81. The summed E-state index contributed by atoms with van der Waals surface area (Å²) < 4.78 is 5.90. The maximum atomic E-state index is 4.55. The summed E-state index contributed by atoms with van der Waals surface area (Å²) in [4.78, 5) is 0. The van der Waals surface area contributed by atoms with Gasteiger partial charge in [-0.1, -0.05) is 20.8 Å². The Balaban J connectivity index is 2.75. The molecule has 0 radical (unpaired) electrons. The molecular weight excluding hydrogens is 192 g/mol. The quantitative estimate of drug-likeness (QED) is 0.789. The van der Waals surface area contributed by atoms with Gasteiger partial charge in [0.2, 0.25) is 0 Å². The minimum atomic E-state index is 0.518. The summed E-state index contributed by atoms with van der Waals surface area (Å²) in [7, 11) is 0. The first-order valence-electron chi connectivity index (χ1n) is 5.16. The summed E-state index contributed by atoms with van der Waals surface area (Å²) >= 11 is 1.63. The molecule has 0 unspecified atom stereocenters. The zero-order valence-corrected chi connectivity index (χ0v) is 9.74. The van der Waals surface area contributed by atoms with Gasteiger partial charge in [0.25, 0.3) is 0 Å². The molecule has 1 aliphatic heterocycles. The molecule has 0 saturated carbocycles. The lowest BCUT2D eigenvalue weighted by molar-refractivity contribution is 0.822. The largest absolute Gasteiger partial charge is 0.384 e. The third-order valence-corrected chi connectivity index (χ3v) is 3.41. The highest BCUT2D eigenvalue weighted by Gasteiger charge is 2.12. The molecule has 0 atom stereocenters. The third kappa shape index (κ3) is 1.46. The summed E-state index contributed by atoms with van der Waals surface area (Å²) in [6, 6.07) is 0. The van der Waals surface area contributed by atoms with E-state index in [0.29, 0.717) is 5.92 Å². The van der Waals surface area contributed by atoms with Crippen LogP contribution in [0, 0.1) is 0 Å². The Morgan fingerprint density at radius 2 is 2.36 bits per heavy atom. The summed E-state index contributed by atoms with van der Waals surface area (Å²) in [6.45, 7) is 7.56. The first kappa shape index (κ1) is 9.71. The normalized spacial score (nSPS) is 15.0. The van der Waals surface area contributed by atoms with Crippen LogP contribution in [0.5, 0.6) is 0 Å². The van der Waals surface area contributed by atoms with Crippen LogP contribution in [0.15, 0.2) is 0 Å². The Kier molecular flexibility index (Phi) is 2.59. The van der Waals surface area contributed by atoms with Crippen LogP contribution < -0.4 is 15.1 Å². The molecule has 76 valence electrons. The first-order chi connectivity index (χ1) is 6.74. The van der Waals surface area contributed by atoms with Crippen molar-refractivity contribution in [1.29, 1.82) is 0 Å². The van der Waals surface area contributed by atoms with Gasteiger partial charge in [-0.2, -0.15) is 4.37 Å². The lowest BCUT2D eigenvalue weighted by atomic mass is 10.1. The maximum Gasteiger partial charge on any atom is 0.0663 e. The van der Waals surface area contributed by atoms with Crippen LogP contribution >= 0.6 is 11.5 Å². The molecule has 2 heterocycles. The highest BCUT2D eigenvalue weighted by molar-refractivity contribution is 7.03. The zero-order valence-electron chi connectivity index (χ0n) is 8.92. The minimum Gasteiger partial charge on any atom is -0.384 e. The molecular formula is C11H16N2S. The average Bonchev–Trinajstić information content (AvgIpc) is 2.60. The van der Waals surface area contributed by atoms with E-state index in [2.05, 4.69) is 36.5 Å². The highest BCUT2D eigenvalue weighted by atomic mass is 32.1. The number of hydrogen-bond acceptors (Lipinski definition) is 3. The van der Waals surface area contributed by atoms with Crippen molar-refractivity contribution < 1.29 is 0 Å². The molecule has 0 saturated heterocycles. The highest BCUT2D eigenvalue weighted by Crippen LogP contribution is 2.08. The lowest BCUT2D eigenvalue weighted by Crippen LogP contribution is -2.36. The van der Waals surface area contributed by atoms with E-state index in [9.17, 15) is 0 Å². The van der Waals surface area contributed by atoms with Crippen LogP contribution in [-0.4, -0.2) is 10.9 Å². The van der Waals surface area contributed by atoms with Gasteiger partial charge in [0, 0.05) is 17.5 Å². The SMILES string of the molecule is CCC1=c2c(C(C)C)nsc2=CCN1. The zero-order chi connectivity index (χ0) is 10.1. The van der Waals surface area contributed by atoms with E-state index in [-0.39, 0.29) is 0 Å². The molecule has 0 aliphatic carbocycles.